The summed E-state index contributed by atoms with van der Waals surface area (Å²) in [6.07, 6.45) is -1.40. The molecule has 0 radical (unpaired) electrons. The van der Waals surface area contributed by atoms with Gasteiger partial charge in [0, 0.05) is 5.69 Å². The second kappa shape index (κ2) is 10.2. The molecule has 2 aromatic carbocycles. The van der Waals surface area contributed by atoms with Crippen molar-refractivity contribution in [2.24, 2.45) is 0 Å². The average molecular weight is 416 g/mol. The average Bonchev–Trinajstić information content (AvgIpc) is 2.65. The molecular formula is C20H21ClF3NO3. The molecule has 0 heterocycles. The number of benzene rings is 2. The first-order valence-corrected chi connectivity index (χ1v) is 9.19. The summed E-state index contributed by atoms with van der Waals surface area (Å²) in [5.74, 6) is 0.562. The summed E-state index contributed by atoms with van der Waals surface area (Å²) in [5.41, 5.74) is -1.02. The van der Waals surface area contributed by atoms with E-state index in [-0.39, 0.29) is 12.3 Å². The maximum absolute atomic E-state index is 12.9. The van der Waals surface area contributed by atoms with Crippen molar-refractivity contribution in [1.82, 2.24) is 0 Å². The van der Waals surface area contributed by atoms with Crippen LogP contribution >= 0.6 is 11.6 Å². The van der Waals surface area contributed by atoms with E-state index in [0.29, 0.717) is 18.1 Å². The largest absolute Gasteiger partial charge is 0.494 e. The summed E-state index contributed by atoms with van der Waals surface area (Å²) in [6.45, 7) is 2.41. The van der Waals surface area contributed by atoms with Crippen LogP contribution in [0.3, 0.4) is 0 Å². The summed E-state index contributed by atoms with van der Waals surface area (Å²) in [7, 11) is 0. The number of nitrogens with one attached hydrogen (secondary N) is 1. The fourth-order valence-electron chi connectivity index (χ4n) is 2.34. The number of alkyl halides is 3. The van der Waals surface area contributed by atoms with Crippen LogP contribution < -0.4 is 14.8 Å². The Morgan fingerprint density at radius 1 is 1.04 bits per heavy atom. The molecule has 4 nitrogen and oxygen atoms in total. The molecule has 0 unspecified atom stereocenters. The Morgan fingerprint density at radius 3 is 2.29 bits per heavy atom. The third-order valence-electron chi connectivity index (χ3n) is 3.77. The number of ether oxygens (including phenoxy) is 2. The lowest BCUT2D eigenvalue weighted by Gasteiger charge is -2.12. The van der Waals surface area contributed by atoms with Gasteiger partial charge in [0.15, 0.2) is 6.61 Å². The van der Waals surface area contributed by atoms with Gasteiger partial charge in [0.05, 0.1) is 17.2 Å². The van der Waals surface area contributed by atoms with Crippen molar-refractivity contribution in [3.8, 4) is 11.5 Å². The van der Waals surface area contributed by atoms with Gasteiger partial charge < -0.3 is 14.8 Å². The van der Waals surface area contributed by atoms with E-state index in [1.54, 1.807) is 24.3 Å². The van der Waals surface area contributed by atoms with Crippen molar-refractivity contribution in [3.05, 3.63) is 53.1 Å². The molecule has 152 valence electrons. The van der Waals surface area contributed by atoms with Gasteiger partial charge in [0.25, 0.3) is 5.91 Å². The molecule has 2 rings (SSSR count). The minimum absolute atomic E-state index is 0.0128. The van der Waals surface area contributed by atoms with Gasteiger partial charge >= 0.3 is 6.18 Å². The van der Waals surface area contributed by atoms with E-state index >= 15 is 0 Å². The van der Waals surface area contributed by atoms with Gasteiger partial charge in [-0.2, -0.15) is 13.2 Å². The lowest BCUT2D eigenvalue weighted by molar-refractivity contribution is -0.137. The van der Waals surface area contributed by atoms with Gasteiger partial charge in [0.1, 0.15) is 11.5 Å². The second-order valence-electron chi connectivity index (χ2n) is 6.06. The normalized spacial score (nSPS) is 11.2. The molecule has 28 heavy (non-hydrogen) atoms. The number of carbonyl (C=O) groups is 1. The Balaban J connectivity index is 1.84. The van der Waals surface area contributed by atoms with Gasteiger partial charge in [0.2, 0.25) is 0 Å². The molecule has 0 aromatic heterocycles. The number of halogens is 4. The highest BCUT2D eigenvalue weighted by molar-refractivity contribution is 6.31. The van der Waals surface area contributed by atoms with Crippen LogP contribution in [0, 0.1) is 0 Å². The Morgan fingerprint density at radius 2 is 1.68 bits per heavy atom. The third-order valence-corrected chi connectivity index (χ3v) is 4.10. The Hall–Kier alpha value is -2.41. The molecule has 0 saturated carbocycles. The molecule has 0 atom stereocenters. The molecule has 0 saturated heterocycles. The number of rotatable bonds is 9. The topological polar surface area (TPSA) is 47.6 Å². The van der Waals surface area contributed by atoms with Crippen LogP contribution in [0.15, 0.2) is 42.5 Å². The summed E-state index contributed by atoms with van der Waals surface area (Å²) in [4.78, 5) is 11.9. The molecular weight excluding hydrogens is 395 g/mol. The van der Waals surface area contributed by atoms with Crippen molar-refractivity contribution in [2.45, 2.75) is 32.4 Å². The van der Waals surface area contributed by atoms with Crippen LogP contribution in [0.1, 0.15) is 31.7 Å². The third kappa shape index (κ3) is 6.96. The summed E-state index contributed by atoms with van der Waals surface area (Å²) < 4.78 is 49.5. The molecule has 0 fully saturated rings. The van der Waals surface area contributed by atoms with Gasteiger partial charge in [-0.05, 0) is 48.9 Å². The minimum Gasteiger partial charge on any atom is -0.494 e. The first-order chi connectivity index (χ1) is 13.3. The van der Waals surface area contributed by atoms with Crippen molar-refractivity contribution in [2.75, 3.05) is 18.5 Å². The van der Waals surface area contributed by atoms with E-state index in [1.165, 1.54) is 6.07 Å². The molecule has 1 N–H and O–H groups in total. The highest BCUT2D eigenvalue weighted by Crippen LogP contribution is 2.36. The second-order valence-corrected chi connectivity index (χ2v) is 6.46. The van der Waals surface area contributed by atoms with Crippen LogP contribution in [0.2, 0.25) is 5.02 Å². The summed E-state index contributed by atoms with van der Waals surface area (Å²) in [5, 5.41) is 1.92. The number of amides is 1. The molecule has 0 aliphatic rings. The fourth-order valence-corrected chi connectivity index (χ4v) is 2.57. The zero-order valence-electron chi connectivity index (χ0n) is 15.3. The van der Waals surface area contributed by atoms with Gasteiger partial charge in [-0.1, -0.05) is 31.4 Å². The Kier molecular flexibility index (Phi) is 7.99. The predicted octanol–water partition coefficient (Wildman–Crippen LogP) is 5.95. The van der Waals surface area contributed by atoms with Crippen molar-refractivity contribution in [3.63, 3.8) is 0 Å². The zero-order valence-corrected chi connectivity index (χ0v) is 16.1. The molecule has 1 amide bonds. The molecule has 2 aromatic rings. The Labute approximate surface area is 166 Å². The SMILES string of the molecule is CCCCCOc1ccc(OCC(=O)Nc2ccc(Cl)c(C(F)(F)F)c2)cc1. The number of hydrogen-bond donors (Lipinski definition) is 1. The summed E-state index contributed by atoms with van der Waals surface area (Å²) >= 11 is 5.55. The highest BCUT2D eigenvalue weighted by Gasteiger charge is 2.33. The van der Waals surface area contributed by atoms with Crippen molar-refractivity contribution < 1.29 is 27.4 Å². The van der Waals surface area contributed by atoms with E-state index in [4.69, 9.17) is 21.1 Å². The van der Waals surface area contributed by atoms with E-state index in [2.05, 4.69) is 12.2 Å². The standard InChI is InChI=1S/C20H21ClF3NO3/c1-2-3-4-11-27-15-6-8-16(9-7-15)28-13-19(26)25-14-5-10-18(21)17(12-14)20(22,23)24/h5-10,12H,2-4,11,13H2,1H3,(H,25,26). The number of hydrogen-bond acceptors (Lipinski definition) is 3. The minimum atomic E-state index is -4.60. The molecule has 8 heteroatoms. The van der Waals surface area contributed by atoms with Crippen LogP contribution in [-0.2, 0) is 11.0 Å². The first kappa shape index (κ1) is 21.9. The van der Waals surface area contributed by atoms with Gasteiger partial charge in [-0.15, -0.1) is 0 Å². The predicted molar refractivity (Wildman–Crippen MR) is 102 cm³/mol. The molecule has 0 bridgehead atoms. The van der Waals surface area contributed by atoms with E-state index < -0.39 is 22.7 Å². The van der Waals surface area contributed by atoms with Crippen LogP contribution in [0.25, 0.3) is 0 Å². The monoisotopic (exact) mass is 415 g/mol. The van der Waals surface area contributed by atoms with E-state index in [1.807, 2.05) is 0 Å². The number of carbonyl (C=O) groups excluding carboxylic acids is 1. The maximum atomic E-state index is 12.9. The van der Waals surface area contributed by atoms with Crippen molar-refractivity contribution in [1.29, 1.82) is 0 Å². The van der Waals surface area contributed by atoms with Crippen molar-refractivity contribution >= 4 is 23.2 Å². The van der Waals surface area contributed by atoms with Gasteiger partial charge in [-0.3, -0.25) is 4.79 Å². The Bertz CT molecular complexity index is 779. The van der Waals surface area contributed by atoms with Crippen LogP contribution in [0.5, 0.6) is 11.5 Å². The summed E-state index contributed by atoms with van der Waals surface area (Å²) in [6, 6.07) is 9.94. The number of unbranched alkanes of at least 4 members (excludes halogenated alkanes) is 2. The quantitative estimate of drug-likeness (QED) is 0.515. The van der Waals surface area contributed by atoms with Gasteiger partial charge in [-0.25, -0.2) is 0 Å². The molecule has 0 aliphatic heterocycles. The van der Waals surface area contributed by atoms with Crippen LogP contribution in [-0.4, -0.2) is 19.1 Å². The number of anilines is 1. The van der Waals surface area contributed by atoms with Crippen LogP contribution in [0.4, 0.5) is 18.9 Å². The fraction of sp³-hybridized carbons (Fsp3) is 0.350. The lowest BCUT2D eigenvalue weighted by atomic mass is 10.2. The maximum Gasteiger partial charge on any atom is 0.417 e. The molecule has 0 spiro atoms. The smallest absolute Gasteiger partial charge is 0.417 e. The van der Waals surface area contributed by atoms with E-state index in [0.717, 1.165) is 31.4 Å². The molecule has 0 aliphatic carbocycles. The zero-order chi connectivity index (χ0) is 20.6. The highest BCUT2D eigenvalue weighted by atomic mass is 35.5. The lowest BCUT2D eigenvalue weighted by Crippen LogP contribution is -2.20. The van der Waals surface area contributed by atoms with E-state index in [9.17, 15) is 18.0 Å². The first-order valence-electron chi connectivity index (χ1n) is 8.82.